The minimum atomic E-state index is -4.56. The maximum atomic E-state index is 13.4. The number of benzene rings is 1. The summed E-state index contributed by atoms with van der Waals surface area (Å²) in [7, 11) is 0. The van der Waals surface area contributed by atoms with E-state index in [4.69, 9.17) is 11.6 Å². The molecule has 11 heteroatoms. The minimum absolute atomic E-state index is 0. The predicted octanol–water partition coefficient (Wildman–Crippen LogP) is 6.53. The van der Waals surface area contributed by atoms with Crippen LogP contribution in [0.1, 0.15) is 72.4 Å². The second kappa shape index (κ2) is 13.6. The molecular formula is C26H38ClF3N4O2S. The van der Waals surface area contributed by atoms with Crippen LogP contribution in [0.5, 0.6) is 0 Å². The van der Waals surface area contributed by atoms with Gasteiger partial charge in [0.05, 0.1) is 5.52 Å². The van der Waals surface area contributed by atoms with Crippen molar-refractivity contribution in [3.63, 3.8) is 0 Å². The third kappa shape index (κ3) is 7.66. The van der Waals surface area contributed by atoms with Crippen LogP contribution >= 0.6 is 25.1 Å². The summed E-state index contributed by atoms with van der Waals surface area (Å²) in [6, 6.07) is 5.15. The van der Waals surface area contributed by atoms with Crippen LogP contribution in [0.4, 0.5) is 18.9 Å². The second-order valence-corrected chi connectivity index (χ2v) is 9.47. The fourth-order valence-electron chi connectivity index (χ4n) is 4.91. The normalized spacial score (nSPS) is 20.4. The number of nitrogens with zero attached hydrogens (tertiary/aromatic N) is 2. The van der Waals surface area contributed by atoms with E-state index >= 15 is 0 Å². The van der Waals surface area contributed by atoms with Gasteiger partial charge in [0, 0.05) is 41.1 Å². The molecular weight excluding hydrogens is 525 g/mol. The smallest absolute Gasteiger partial charge is 0.382 e. The number of rotatable bonds is 6. The molecule has 1 aromatic carbocycles. The number of anilines is 1. The highest BCUT2D eigenvalue weighted by molar-refractivity contribution is 7.59. The van der Waals surface area contributed by atoms with E-state index in [2.05, 4.69) is 15.6 Å². The number of halogens is 4. The molecule has 1 saturated heterocycles. The molecule has 2 heterocycles. The van der Waals surface area contributed by atoms with Gasteiger partial charge in [-0.25, -0.2) is 4.98 Å². The van der Waals surface area contributed by atoms with Crippen LogP contribution in [-0.2, 0) is 15.8 Å². The Morgan fingerprint density at radius 1 is 1.16 bits per heavy atom. The van der Waals surface area contributed by atoms with Crippen LogP contribution < -0.4 is 10.6 Å². The molecule has 37 heavy (non-hydrogen) atoms. The third-order valence-electron chi connectivity index (χ3n) is 6.67. The Balaban J connectivity index is 0.00000228. The first kappa shape index (κ1) is 32.8. The summed E-state index contributed by atoms with van der Waals surface area (Å²) >= 11 is 6.08. The van der Waals surface area contributed by atoms with E-state index in [0.29, 0.717) is 61.2 Å². The summed E-state index contributed by atoms with van der Waals surface area (Å²) < 4.78 is 40.1. The van der Waals surface area contributed by atoms with E-state index in [0.717, 1.165) is 12.5 Å². The van der Waals surface area contributed by atoms with Gasteiger partial charge >= 0.3 is 6.18 Å². The zero-order chi connectivity index (χ0) is 24.5. The van der Waals surface area contributed by atoms with Gasteiger partial charge < -0.3 is 15.5 Å². The van der Waals surface area contributed by atoms with Crippen molar-refractivity contribution in [2.24, 2.45) is 0 Å². The highest BCUT2D eigenvalue weighted by Gasteiger charge is 2.35. The fraction of sp³-hybridized carbons (Fsp3) is 0.577. The van der Waals surface area contributed by atoms with Gasteiger partial charge in [-0.1, -0.05) is 33.4 Å². The molecule has 1 aliphatic carbocycles. The molecule has 6 nitrogen and oxygen atoms in total. The lowest BCUT2D eigenvalue weighted by Crippen LogP contribution is -2.51. The number of pyridine rings is 1. The average Bonchev–Trinajstić information content (AvgIpc) is 3.20. The van der Waals surface area contributed by atoms with Crippen molar-refractivity contribution >= 4 is 53.5 Å². The molecule has 0 radical (unpaired) electrons. The van der Waals surface area contributed by atoms with Gasteiger partial charge in [-0.3, -0.25) is 9.59 Å². The van der Waals surface area contributed by atoms with E-state index < -0.39 is 17.9 Å². The summed E-state index contributed by atoms with van der Waals surface area (Å²) in [6.45, 7) is 2.52. The highest BCUT2D eigenvalue weighted by atomic mass is 35.5. The number of alkyl halides is 3. The van der Waals surface area contributed by atoms with Gasteiger partial charge in [0.15, 0.2) is 0 Å². The molecule has 1 aliphatic heterocycles. The van der Waals surface area contributed by atoms with Crippen LogP contribution in [0.15, 0.2) is 24.3 Å². The fourth-order valence-corrected chi connectivity index (χ4v) is 5.08. The summed E-state index contributed by atoms with van der Waals surface area (Å²) in [5, 5.41) is 7.30. The SMILES string of the molecule is C.C.CC[C@@H](C(=O)NC1CCC(Nc2cc(C(F)(F)F)nc3ccc(Cl)cc23)CC1)N1CCCC1=O.S. The van der Waals surface area contributed by atoms with Crippen LogP contribution in [0.25, 0.3) is 10.9 Å². The number of fused-ring (bicyclic) bond motifs is 1. The first-order valence-electron chi connectivity index (χ1n) is 11.7. The quantitative estimate of drug-likeness (QED) is 0.419. The Hall–Kier alpha value is -2.20. The van der Waals surface area contributed by atoms with E-state index in [-0.39, 0.29) is 57.8 Å². The molecule has 2 fully saturated rings. The van der Waals surface area contributed by atoms with Crippen molar-refractivity contribution in [1.29, 1.82) is 0 Å². The number of aromatic nitrogens is 1. The Morgan fingerprint density at radius 2 is 1.81 bits per heavy atom. The number of hydrogen-bond acceptors (Lipinski definition) is 4. The standard InChI is InChI=1S/C24H28ClF3N4O2.2CH4.H2S/c1-2-20(32-11-3-4-22(32)33)23(34)30-16-8-6-15(7-9-16)29-19-13-21(24(26,27)28)31-18-10-5-14(25)12-17(18)19;;;/h5,10,12-13,15-16,20H,2-4,6-9,11H2,1H3,(H,29,31)(H,30,34);2*1H4;1H2/t15?,16?,20-;;;/m0.../s1. The van der Waals surface area contributed by atoms with E-state index in [1.165, 1.54) is 12.1 Å². The molecule has 0 unspecified atom stereocenters. The zero-order valence-electron chi connectivity index (χ0n) is 19.4. The van der Waals surface area contributed by atoms with Crippen LogP contribution in [0.3, 0.4) is 0 Å². The van der Waals surface area contributed by atoms with Crippen molar-refractivity contribution in [1.82, 2.24) is 15.2 Å². The minimum Gasteiger partial charge on any atom is -0.382 e. The molecule has 0 spiro atoms. The number of carbonyl (C=O) groups is 2. The molecule has 0 bridgehead atoms. The molecule has 1 aromatic heterocycles. The monoisotopic (exact) mass is 562 g/mol. The Kier molecular flexibility index (Phi) is 12.0. The zero-order valence-corrected chi connectivity index (χ0v) is 21.2. The second-order valence-electron chi connectivity index (χ2n) is 9.03. The average molecular weight is 563 g/mol. The Morgan fingerprint density at radius 3 is 2.38 bits per heavy atom. The van der Waals surface area contributed by atoms with Gasteiger partial charge in [-0.2, -0.15) is 26.7 Å². The molecule has 2 N–H and O–H groups in total. The predicted molar refractivity (Wildman–Crippen MR) is 148 cm³/mol. The lowest BCUT2D eigenvalue weighted by atomic mass is 9.90. The Bertz CT molecular complexity index is 1080. The largest absolute Gasteiger partial charge is 0.433 e. The van der Waals surface area contributed by atoms with Crippen molar-refractivity contribution < 1.29 is 22.8 Å². The van der Waals surface area contributed by atoms with Crippen LogP contribution in [0, 0.1) is 0 Å². The lowest BCUT2D eigenvalue weighted by molar-refractivity contribution is -0.141. The molecule has 1 saturated carbocycles. The summed E-state index contributed by atoms with van der Waals surface area (Å²) in [5.74, 6) is -0.100. The number of carbonyl (C=O) groups excluding carboxylic acids is 2. The van der Waals surface area contributed by atoms with Crippen LogP contribution in [-0.4, -0.2) is 46.4 Å². The molecule has 2 aromatic rings. The van der Waals surface area contributed by atoms with Crippen molar-refractivity contribution in [2.45, 2.75) is 91.0 Å². The summed E-state index contributed by atoms with van der Waals surface area (Å²) in [6.07, 6.45) is 0.0574. The lowest BCUT2D eigenvalue weighted by Gasteiger charge is -2.33. The number of amides is 2. The number of likely N-dealkylation sites (tertiary alicyclic amines) is 1. The Labute approximate surface area is 229 Å². The van der Waals surface area contributed by atoms with Gasteiger partial charge in [0.1, 0.15) is 11.7 Å². The summed E-state index contributed by atoms with van der Waals surface area (Å²) in [5.41, 5.74) is -0.372. The maximum absolute atomic E-state index is 13.4. The molecule has 2 amide bonds. The molecule has 2 aliphatic rings. The van der Waals surface area contributed by atoms with Crippen LogP contribution in [0.2, 0.25) is 5.02 Å². The molecule has 1 atom stereocenters. The topological polar surface area (TPSA) is 74.3 Å². The van der Waals surface area contributed by atoms with E-state index in [9.17, 15) is 22.8 Å². The van der Waals surface area contributed by atoms with Gasteiger partial charge in [-0.05, 0) is 62.8 Å². The van der Waals surface area contributed by atoms with Gasteiger partial charge in [0.25, 0.3) is 0 Å². The third-order valence-corrected chi connectivity index (χ3v) is 6.91. The van der Waals surface area contributed by atoms with Gasteiger partial charge in [-0.15, -0.1) is 0 Å². The highest BCUT2D eigenvalue weighted by Crippen LogP contribution is 2.35. The first-order chi connectivity index (χ1) is 16.2. The molecule has 208 valence electrons. The number of nitrogens with one attached hydrogen (secondary N) is 2. The molecule has 4 rings (SSSR count). The van der Waals surface area contributed by atoms with Crippen molar-refractivity contribution in [2.75, 3.05) is 11.9 Å². The number of hydrogen-bond donors (Lipinski definition) is 2. The van der Waals surface area contributed by atoms with E-state index in [1.54, 1.807) is 11.0 Å². The first-order valence-corrected chi connectivity index (χ1v) is 12.1. The van der Waals surface area contributed by atoms with Crippen molar-refractivity contribution in [3.8, 4) is 0 Å². The maximum Gasteiger partial charge on any atom is 0.433 e. The van der Waals surface area contributed by atoms with Crippen molar-refractivity contribution in [3.05, 3.63) is 35.0 Å². The van der Waals surface area contributed by atoms with Gasteiger partial charge in [0.2, 0.25) is 11.8 Å². The summed E-state index contributed by atoms with van der Waals surface area (Å²) in [4.78, 5) is 30.3. The van der Waals surface area contributed by atoms with E-state index in [1.807, 2.05) is 6.92 Å².